The maximum absolute atomic E-state index is 13.1. The molecule has 3 aromatic rings. The molecule has 0 unspecified atom stereocenters. The molecule has 8 heteroatoms. The number of hydrogen-bond acceptors (Lipinski definition) is 5. The summed E-state index contributed by atoms with van der Waals surface area (Å²) in [5, 5.41) is 2.91. The molecule has 180 valence electrons. The number of benzene rings is 3. The Morgan fingerprint density at radius 2 is 1.60 bits per heavy atom. The minimum atomic E-state index is -0.825. The van der Waals surface area contributed by atoms with Gasteiger partial charge >= 0.3 is 5.91 Å². The topological polar surface area (TPSA) is 88.9 Å². The second-order valence-corrected chi connectivity index (χ2v) is 8.16. The second kappa shape index (κ2) is 10.3. The summed E-state index contributed by atoms with van der Waals surface area (Å²) in [5.41, 5.74) is 6.03. The summed E-state index contributed by atoms with van der Waals surface area (Å²) in [6.07, 6.45) is 1.80. The zero-order chi connectivity index (χ0) is 24.9. The Bertz CT molecular complexity index is 1250. The molecular formula is C27H28N3O5+. The zero-order valence-electron chi connectivity index (χ0n) is 20.1. The van der Waals surface area contributed by atoms with Gasteiger partial charge in [0, 0.05) is 16.7 Å². The summed E-state index contributed by atoms with van der Waals surface area (Å²) >= 11 is 0. The first-order chi connectivity index (χ1) is 16.9. The number of nitrogens with zero attached hydrogens (tertiary/aromatic N) is 1. The summed E-state index contributed by atoms with van der Waals surface area (Å²) in [5.74, 6) is 1.23. The molecule has 2 N–H and O–H groups in total. The fourth-order valence-corrected chi connectivity index (χ4v) is 4.00. The van der Waals surface area contributed by atoms with E-state index in [2.05, 4.69) is 10.7 Å². The van der Waals surface area contributed by atoms with Gasteiger partial charge in [0.15, 0.2) is 17.5 Å². The molecule has 0 radical (unpaired) electrons. The van der Waals surface area contributed by atoms with Gasteiger partial charge in [-0.05, 0) is 61.5 Å². The van der Waals surface area contributed by atoms with Crippen LogP contribution in [0, 0.1) is 6.92 Å². The first-order valence-electron chi connectivity index (χ1n) is 11.1. The molecule has 8 nitrogen and oxygen atoms in total. The highest BCUT2D eigenvalue weighted by molar-refractivity contribution is 5.98. The van der Waals surface area contributed by atoms with E-state index in [0.717, 1.165) is 16.7 Å². The van der Waals surface area contributed by atoms with Crippen LogP contribution in [0.4, 0.5) is 0 Å². The van der Waals surface area contributed by atoms with Crippen molar-refractivity contribution in [3.05, 3.63) is 89.0 Å². The standard InChI is InChI=1S/C27H27N3O5/c1-17-5-8-20(9-6-17)26(31)28-24-25(19-10-12-21(33-2)13-11-19)30(29-27(24)32)16-18-7-14-22(34-3)23(15-18)35-4/h5-16,24-25H,1-4H3,(H-,28,29,31,32)/p+1/b30-16-/t24-,25-/m0/s1. The van der Waals surface area contributed by atoms with Gasteiger partial charge in [0.25, 0.3) is 5.91 Å². The Kier molecular flexibility index (Phi) is 7.01. The molecule has 3 aromatic carbocycles. The molecule has 0 aliphatic carbocycles. The third kappa shape index (κ3) is 5.11. The lowest BCUT2D eigenvalue weighted by Crippen LogP contribution is -2.42. The molecule has 1 saturated heterocycles. The van der Waals surface area contributed by atoms with Crippen LogP contribution in [0.15, 0.2) is 66.7 Å². The van der Waals surface area contributed by atoms with Gasteiger partial charge in [0.2, 0.25) is 12.3 Å². The Morgan fingerprint density at radius 1 is 0.914 bits per heavy atom. The molecule has 2 atom stereocenters. The first kappa shape index (κ1) is 23.8. The van der Waals surface area contributed by atoms with E-state index in [4.69, 9.17) is 14.2 Å². The summed E-state index contributed by atoms with van der Waals surface area (Å²) in [6.45, 7) is 1.95. The van der Waals surface area contributed by atoms with Crippen LogP contribution in [0.1, 0.15) is 33.1 Å². The van der Waals surface area contributed by atoms with Crippen LogP contribution in [0.2, 0.25) is 0 Å². The van der Waals surface area contributed by atoms with Crippen LogP contribution >= 0.6 is 0 Å². The van der Waals surface area contributed by atoms with Gasteiger partial charge < -0.3 is 19.5 Å². The average Bonchev–Trinajstić information content (AvgIpc) is 3.18. The molecule has 0 saturated carbocycles. The van der Waals surface area contributed by atoms with Crippen LogP contribution in [-0.4, -0.2) is 50.1 Å². The van der Waals surface area contributed by atoms with Crippen molar-refractivity contribution in [2.24, 2.45) is 0 Å². The highest BCUT2D eigenvalue weighted by Gasteiger charge is 2.47. The zero-order valence-corrected chi connectivity index (χ0v) is 20.1. The van der Waals surface area contributed by atoms with E-state index in [1.165, 1.54) is 0 Å². The van der Waals surface area contributed by atoms with Crippen LogP contribution in [0.5, 0.6) is 17.2 Å². The molecule has 35 heavy (non-hydrogen) atoms. The smallest absolute Gasteiger partial charge is 0.304 e. The molecule has 1 fully saturated rings. The number of carbonyl (C=O) groups is 2. The number of aryl methyl sites for hydroxylation is 1. The number of hydrazine groups is 1. The van der Waals surface area contributed by atoms with Gasteiger partial charge in [0.1, 0.15) is 5.75 Å². The lowest BCUT2D eigenvalue weighted by atomic mass is 9.99. The molecule has 1 aliphatic rings. The van der Waals surface area contributed by atoms with E-state index < -0.39 is 12.1 Å². The molecule has 0 bridgehead atoms. The fraction of sp³-hybridized carbons (Fsp3) is 0.222. The van der Waals surface area contributed by atoms with Crippen molar-refractivity contribution in [2.45, 2.75) is 19.0 Å². The third-order valence-corrected chi connectivity index (χ3v) is 5.89. The largest absolute Gasteiger partial charge is 0.497 e. The quantitative estimate of drug-likeness (QED) is 0.514. The van der Waals surface area contributed by atoms with E-state index in [0.29, 0.717) is 22.8 Å². The molecule has 0 spiro atoms. The minimum Gasteiger partial charge on any atom is -0.497 e. The normalized spacial score (nSPS) is 18.2. The molecule has 4 rings (SSSR count). The molecule has 1 aliphatic heterocycles. The van der Waals surface area contributed by atoms with Gasteiger partial charge in [-0.15, -0.1) is 10.1 Å². The van der Waals surface area contributed by atoms with Gasteiger partial charge in [-0.2, -0.15) is 0 Å². The average molecular weight is 475 g/mol. The lowest BCUT2D eigenvalue weighted by molar-refractivity contribution is -0.596. The van der Waals surface area contributed by atoms with E-state index in [-0.39, 0.29) is 11.8 Å². The monoisotopic (exact) mass is 474 g/mol. The number of methoxy groups -OCH3 is 3. The summed E-state index contributed by atoms with van der Waals surface area (Å²) in [7, 11) is 4.73. The van der Waals surface area contributed by atoms with Crippen molar-refractivity contribution in [1.82, 2.24) is 10.7 Å². The van der Waals surface area contributed by atoms with Crippen LogP contribution in [0.3, 0.4) is 0 Å². The minimum absolute atomic E-state index is 0.317. The van der Waals surface area contributed by atoms with Crippen LogP contribution < -0.4 is 25.0 Å². The van der Waals surface area contributed by atoms with E-state index in [1.807, 2.05) is 55.5 Å². The maximum atomic E-state index is 13.1. The van der Waals surface area contributed by atoms with Crippen LogP contribution in [-0.2, 0) is 4.79 Å². The van der Waals surface area contributed by atoms with Gasteiger partial charge in [-0.1, -0.05) is 17.7 Å². The van der Waals surface area contributed by atoms with Crippen molar-refractivity contribution >= 4 is 18.0 Å². The Labute approximate surface area is 204 Å². The second-order valence-electron chi connectivity index (χ2n) is 8.16. The van der Waals surface area contributed by atoms with Gasteiger partial charge in [-0.25, -0.2) is 0 Å². The predicted molar refractivity (Wildman–Crippen MR) is 131 cm³/mol. The SMILES string of the molecule is COc1ccc([C@H]2[C@H](NC(=O)c3ccc(C)cc3)C(=O)N/[N+]2=C\c2ccc(OC)c(OC)c2)cc1. The molecule has 1 heterocycles. The summed E-state index contributed by atoms with van der Waals surface area (Å²) in [4.78, 5) is 26.1. The Hall–Kier alpha value is -4.33. The number of ether oxygens (including phenoxy) is 3. The van der Waals surface area contributed by atoms with E-state index >= 15 is 0 Å². The molecule has 0 aromatic heterocycles. The fourth-order valence-electron chi connectivity index (χ4n) is 4.00. The van der Waals surface area contributed by atoms with Crippen molar-refractivity contribution in [3.8, 4) is 17.2 Å². The summed E-state index contributed by atoms with van der Waals surface area (Å²) in [6, 6.07) is 18.8. The number of hydrogen-bond donors (Lipinski definition) is 2. The van der Waals surface area contributed by atoms with Crippen molar-refractivity contribution in [3.63, 3.8) is 0 Å². The number of carbonyl (C=O) groups excluding carboxylic acids is 2. The Morgan fingerprint density at radius 3 is 2.23 bits per heavy atom. The third-order valence-electron chi connectivity index (χ3n) is 5.89. The van der Waals surface area contributed by atoms with E-state index in [9.17, 15) is 9.59 Å². The number of rotatable bonds is 7. The van der Waals surface area contributed by atoms with Gasteiger partial charge in [-0.3, -0.25) is 9.59 Å². The van der Waals surface area contributed by atoms with E-state index in [1.54, 1.807) is 50.4 Å². The highest BCUT2D eigenvalue weighted by atomic mass is 16.5. The lowest BCUT2D eigenvalue weighted by Gasteiger charge is -2.15. The van der Waals surface area contributed by atoms with Crippen molar-refractivity contribution < 1.29 is 28.5 Å². The van der Waals surface area contributed by atoms with Crippen molar-refractivity contribution in [1.29, 1.82) is 0 Å². The maximum Gasteiger partial charge on any atom is 0.304 e. The number of nitrogens with one attached hydrogen (secondary N) is 2. The Balaban J connectivity index is 1.71. The molecule has 2 amide bonds. The van der Waals surface area contributed by atoms with Crippen LogP contribution in [0.25, 0.3) is 0 Å². The summed E-state index contributed by atoms with van der Waals surface area (Å²) < 4.78 is 17.7. The number of hydrazone groups is 1. The first-order valence-corrected chi connectivity index (χ1v) is 11.1. The molecular weight excluding hydrogens is 446 g/mol. The van der Waals surface area contributed by atoms with Crippen molar-refractivity contribution in [2.75, 3.05) is 21.3 Å². The predicted octanol–water partition coefficient (Wildman–Crippen LogP) is 3.04. The highest BCUT2D eigenvalue weighted by Crippen LogP contribution is 2.29. The number of amides is 2. The van der Waals surface area contributed by atoms with Gasteiger partial charge in [0.05, 0.1) is 21.3 Å².